The van der Waals surface area contributed by atoms with Crippen LogP contribution in [0.1, 0.15) is 23.6 Å². The highest BCUT2D eigenvalue weighted by Gasteiger charge is 2.23. The number of fused-ring (bicyclic) bond motifs is 1. The van der Waals surface area contributed by atoms with Gasteiger partial charge in [0.1, 0.15) is 11.8 Å². The summed E-state index contributed by atoms with van der Waals surface area (Å²) in [6.07, 6.45) is 2.30. The van der Waals surface area contributed by atoms with Crippen molar-refractivity contribution in [3.63, 3.8) is 0 Å². The Morgan fingerprint density at radius 1 is 1.14 bits per heavy atom. The highest BCUT2D eigenvalue weighted by Crippen LogP contribution is 2.28. The minimum absolute atomic E-state index is 0.129. The van der Waals surface area contributed by atoms with Crippen molar-refractivity contribution in [1.82, 2.24) is 10.3 Å². The van der Waals surface area contributed by atoms with Crippen molar-refractivity contribution in [2.24, 2.45) is 0 Å². The molecule has 6 nitrogen and oxygen atoms in total. The largest absolute Gasteiger partial charge is 0.496 e. The van der Waals surface area contributed by atoms with Crippen LogP contribution >= 0.6 is 0 Å². The number of rotatable bonds is 8. The molecule has 0 radical (unpaired) electrons. The van der Waals surface area contributed by atoms with Crippen LogP contribution in [-0.2, 0) is 27.2 Å². The fourth-order valence-electron chi connectivity index (χ4n) is 3.34. The van der Waals surface area contributed by atoms with Gasteiger partial charge >= 0.3 is 5.97 Å². The van der Waals surface area contributed by atoms with Crippen molar-refractivity contribution in [2.75, 3.05) is 13.7 Å². The lowest BCUT2D eigenvalue weighted by Gasteiger charge is -2.17. The average Bonchev–Trinajstić information content (AvgIpc) is 3.12. The summed E-state index contributed by atoms with van der Waals surface area (Å²) in [7, 11) is 1.60. The van der Waals surface area contributed by atoms with Gasteiger partial charge in [0, 0.05) is 23.5 Å². The SMILES string of the molecule is CCOC(=O)C(Cc1ccc(C)cc1)NC(=O)Cc1c[nH]c2cccc(OC)c12. The minimum atomic E-state index is -0.739. The summed E-state index contributed by atoms with van der Waals surface area (Å²) in [6.45, 7) is 4.02. The molecule has 3 rings (SSSR count). The number of hydrogen-bond acceptors (Lipinski definition) is 4. The van der Waals surface area contributed by atoms with E-state index in [0.717, 1.165) is 27.6 Å². The number of benzene rings is 2. The van der Waals surface area contributed by atoms with Crippen LogP contribution in [0.25, 0.3) is 10.9 Å². The molecule has 0 bridgehead atoms. The van der Waals surface area contributed by atoms with Gasteiger partial charge in [-0.05, 0) is 37.1 Å². The molecular formula is C23H26N2O4. The molecule has 0 aliphatic rings. The zero-order chi connectivity index (χ0) is 20.8. The van der Waals surface area contributed by atoms with E-state index in [1.165, 1.54) is 0 Å². The van der Waals surface area contributed by atoms with Gasteiger partial charge in [0.05, 0.1) is 20.1 Å². The zero-order valence-electron chi connectivity index (χ0n) is 17.0. The molecule has 152 valence electrons. The average molecular weight is 394 g/mol. The topological polar surface area (TPSA) is 80.4 Å². The highest BCUT2D eigenvalue weighted by atomic mass is 16.5. The lowest BCUT2D eigenvalue weighted by Crippen LogP contribution is -2.44. The van der Waals surface area contributed by atoms with Crippen molar-refractivity contribution in [3.8, 4) is 5.75 Å². The van der Waals surface area contributed by atoms with E-state index in [0.29, 0.717) is 12.2 Å². The number of nitrogens with one attached hydrogen (secondary N) is 2. The molecule has 1 atom stereocenters. The molecule has 0 spiro atoms. The first-order chi connectivity index (χ1) is 14.0. The van der Waals surface area contributed by atoms with Crippen LogP contribution in [0.3, 0.4) is 0 Å². The lowest BCUT2D eigenvalue weighted by molar-refractivity contribution is -0.147. The van der Waals surface area contributed by atoms with E-state index < -0.39 is 12.0 Å². The van der Waals surface area contributed by atoms with Crippen LogP contribution in [0.2, 0.25) is 0 Å². The Balaban J connectivity index is 1.76. The quantitative estimate of drug-likeness (QED) is 0.575. The number of aromatic amines is 1. The Morgan fingerprint density at radius 3 is 2.59 bits per heavy atom. The normalized spacial score (nSPS) is 11.8. The third kappa shape index (κ3) is 4.96. The number of methoxy groups -OCH3 is 1. The predicted octanol–water partition coefficient (Wildman–Crippen LogP) is 3.32. The maximum atomic E-state index is 12.7. The Bertz CT molecular complexity index is 992. The van der Waals surface area contributed by atoms with Crippen molar-refractivity contribution >= 4 is 22.8 Å². The molecule has 1 unspecified atom stereocenters. The molecule has 3 aromatic rings. The third-order valence-corrected chi connectivity index (χ3v) is 4.79. The molecule has 2 N–H and O–H groups in total. The number of H-pyrrole nitrogens is 1. The van der Waals surface area contributed by atoms with Crippen molar-refractivity contribution < 1.29 is 19.1 Å². The number of carbonyl (C=O) groups is 2. The smallest absolute Gasteiger partial charge is 0.328 e. The summed E-state index contributed by atoms with van der Waals surface area (Å²) < 4.78 is 10.6. The molecule has 1 amide bonds. The Labute approximate surface area is 170 Å². The molecule has 0 saturated carbocycles. The summed E-state index contributed by atoms with van der Waals surface area (Å²) in [5, 5.41) is 3.71. The summed E-state index contributed by atoms with van der Waals surface area (Å²) >= 11 is 0. The first kappa shape index (κ1) is 20.5. The van der Waals surface area contributed by atoms with Crippen molar-refractivity contribution in [3.05, 3.63) is 65.4 Å². The van der Waals surface area contributed by atoms with Gasteiger partial charge < -0.3 is 19.8 Å². The van der Waals surface area contributed by atoms with Crippen molar-refractivity contribution in [1.29, 1.82) is 0 Å². The molecule has 29 heavy (non-hydrogen) atoms. The van der Waals surface area contributed by atoms with Gasteiger partial charge in [0.25, 0.3) is 0 Å². The maximum Gasteiger partial charge on any atom is 0.328 e. The molecule has 0 aliphatic heterocycles. The Morgan fingerprint density at radius 2 is 1.90 bits per heavy atom. The standard InChI is InChI=1S/C23H26N2O4/c1-4-29-23(27)19(12-16-10-8-15(2)9-11-16)25-21(26)13-17-14-24-18-6-5-7-20(28-3)22(17)18/h5-11,14,19,24H,4,12-13H2,1-3H3,(H,25,26). The van der Waals surface area contributed by atoms with Gasteiger partial charge in [-0.15, -0.1) is 0 Å². The molecule has 0 fully saturated rings. The van der Waals surface area contributed by atoms with E-state index in [1.807, 2.05) is 49.4 Å². The predicted molar refractivity (Wildman–Crippen MR) is 112 cm³/mol. The van der Waals surface area contributed by atoms with Gasteiger partial charge in [-0.25, -0.2) is 4.79 Å². The van der Waals surface area contributed by atoms with Gasteiger partial charge in [-0.2, -0.15) is 0 Å². The Kier molecular flexibility index (Phi) is 6.54. The van der Waals surface area contributed by atoms with E-state index in [-0.39, 0.29) is 18.9 Å². The second-order valence-electron chi connectivity index (χ2n) is 6.94. The second-order valence-corrected chi connectivity index (χ2v) is 6.94. The summed E-state index contributed by atoms with van der Waals surface area (Å²) in [5.41, 5.74) is 3.81. The number of carbonyl (C=O) groups excluding carboxylic acids is 2. The van der Waals surface area contributed by atoms with E-state index in [9.17, 15) is 9.59 Å². The number of esters is 1. The maximum absolute atomic E-state index is 12.7. The molecule has 1 heterocycles. The number of hydrogen-bond donors (Lipinski definition) is 2. The summed E-state index contributed by atoms with van der Waals surface area (Å²) in [6, 6.07) is 12.8. The van der Waals surface area contributed by atoms with Crippen LogP contribution < -0.4 is 10.1 Å². The molecule has 2 aromatic carbocycles. The molecule has 0 saturated heterocycles. The number of aryl methyl sites for hydroxylation is 1. The monoisotopic (exact) mass is 394 g/mol. The first-order valence-corrected chi connectivity index (χ1v) is 9.66. The number of ether oxygens (including phenoxy) is 2. The van der Waals surface area contributed by atoms with E-state index in [4.69, 9.17) is 9.47 Å². The summed E-state index contributed by atoms with van der Waals surface area (Å²) in [5.74, 6) is 0.0213. The third-order valence-electron chi connectivity index (χ3n) is 4.79. The fraction of sp³-hybridized carbons (Fsp3) is 0.304. The zero-order valence-corrected chi connectivity index (χ0v) is 17.0. The van der Waals surface area contributed by atoms with Crippen LogP contribution in [0.5, 0.6) is 5.75 Å². The minimum Gasteiger partial charge on any atom is -0.496 e. The van der Waals surface area contributed by atoms with Gasteiger partial charge in [-0.3, -0.25) is 4.79 Å². The van der Waals surface area contributed by atoms with Gasteiger partial charge in [0.15, 0.2) is 0 Å². The highest BCUT2D eigenvalue weighted by molar-refractivity contribution is 5.94. The van der Waals surface area contributed by atoms with Crippen LogP contribution in [0.4, 0.5) is 0 Å². The van der Waals surface area contributed by atoms with Gasteiger partial charge in [0.2, 0.25) is 5.91 Å². The number of amides is 1. The van der Waals surface area contributed by atoms with Crippen LogP contribution in [-0.4, -0.2) is 36.6 Å². The lowest BCUT2D eigenvalue weighted by atomic mass is 10.0. The van der Waals surface area contributed by atoms with E-state index >= 15 is 0 Å². The summed E-state index contributed by atoms with van der Waals surface area (Å²) in [4.78, 5) is 28.3. The molecular weight excluding hydrogens is 368 g/mol. The van der Waals surface area contributed by atoms with E-state index in [1.54, 1.807) is 20.2 Å². The molecule has 6 heteroatoms. The van der Waals surface area contributed by atoms with Crippen molar-refractivity contribution in [2.45, 2.75) is 32.7 Å². The van der Waals surface area contributed by atoms with E-state index in [2.05, 4.69) is 10.3 Å². The Hall–Kier alpha value is -3.28. The van der Waals surface area contributed by atoms with Crippen LogP contribution in [0, 0.1) is 6.92 Å². The fourth-order valence-corrected chi connectivity index (χ4v) is 3.34. The van der Waals surface area contributed by atoms with Gasteiger partial charge in [-0.1, -0.05) is 35.9 Å². The molecule has 1 aromatic heterocycles. The first-order valence-electron chi connectivity index (χ1n) is 9.66. The van der Waals surface area contributed by atoms with Crippen LogP contribution in [0.15, 0.2) is 48.7 Å². The number of aromatic nitrogens is 1. The second kappa shape index (κ2) is 9.28. The molecule has 0 aliphatic carbocycles.